The molecule has 1 saturated heterocycles. The Morgan fingerprint density at radius 3 is 2.62 bits per heavy atom. The monoisotopic (exact) mass is 373 g/mol. The van der Waals surface area contributed by atoms with Crippen molar-refractivity contribution in [2.45, 2.75) is 0 Å². The maximum atomic E-state index is 13.3. The van der Waals surface area contributed by atoms with Crippen molar-refractivity contribution in [1.29, 1.82) is 0 Å². The highest BCUT2D eigenvalue weighted by molar-refractivity contribution is 8.18. The van der Waals surface area contributed by atoms with Gasteiger partial charge in [0.2, 0.25) is 0 Å². The highest BCUT2D eigenvalue weighted by atomic mass is 32.2. The van der Waals surface area contributed by atoms with E-state index in [1.54, 1.807) is 30.3 Å². The van der Waals surface area contributed by atoms with Gasteiger partial charge in [0, 0.05) is 0 Å². The molecular formula is C19H16FNO4S. The van der Waals surface area contributed by atoms with Crippen molar-refractivity contribution in [2.75, 3.05) is 20.3 Å². The number of carbonyl (C=O) groups is 2. The van der Waals surface area contributed by atoms with Gasteiger partial charge in [-0.1, -0.05) is 24.3 Å². The lowest BCUT2D eigenvalue weighted by molar-refractivity contribution is -0.123. The third-order valence-corrected chi connectivity index (χ3v) is 4.57. The lowest BCUT2D eigenvalue weighted by atomic mass is 10.2. The van der Waals surface area contributed by atoms with Crippen LogP contribution in [-0.2, 0) is 4.79 Å². The first-order valence-corrected chi connectivity index (χ1v) is 8.67. The summed E-state index contributed by atoms with van der Waals surface area (Å²) in [5.41, 5.74) is 0.528. The van der Waals surface area contributed by atoms with Gasteiger partial charge in [-0.15, -0.1) is 0 Å². The Labute approximate surface area is 154 Å². The molecule has 0 aromatic heterocycles. The van der Waals surface area contributed by atoms with E-state index in [0.29, 0.717) is 17.1 Å². The Kier molecular flexibility index (Phi) is 5.58. The number of para-hydroxylation sites is 2. The van der Waals surface area contributed by atoms with Crippen LogP contribution in [-0.4, -0.2) is 36.3 Å². The number of hydrogen-bond acceptors (Lipinski definition) is 5. The SMILES string of the molecule is COc1ccccc1OCCN1C(=O)S/C(=C\c2cccc(F)c2)C1=O. The molecule has 0 aliphatic carbocycles. The number of rotatable bonds is 6. The molecule has 0 radical (unpaired) electrons. The molecule has 5 nitrogen and oxygen atoms in total. The lowest BCUT2D eigenvalue weighted by Crippen LogP contribution is -2.32. The van der Waals surface area contributed by atoms with Crippen LogP contribution >= 0.6 is 11.8 Å². The second kappa shape index (κ2) is 8.05. The van der Waals surface area contributed by atoms with Gasteiger partial charge in [-0.2, -0.15) is 0 Å². The molecule has 3 rings (SSSR count). The Morgan fingerprint density at radius 1 is 1.12 bits per heavy atom. The lowest BCUT2D eigenvalue weighted by Gasteiger charge is -2.14. The number of benzene rings is 2. The number of carbonyl (C=O) groups excluding carboxylic acids is 2. The minimum Gasteiger partial charge on any atom is -0.493 e. The van der Waals surface area contributed by atoms with Crippen LogP contribution in [0.3, 0.4) is 0 Å². The largest absolute Gasteiger partial charge is 0.493 e. The van der Waals surface area contributed by atoms with Gasteiger partial charge in [0.1, 0.15) is 12.4 Å². The Morgan fingerprint density at radius 2 is 1.88 bits per heavy atom. The molecule has 1 aliphatic heterocycles. The summed E-state index contributed by atoms with van der Waals surface area (Å²) in [6.45, 7) is 0.259. The van der Waals surface area contributed by atoms with Crippen LogP contribution in [0.2, 0.25) is 0 Å². The number of nitrogens with zero attached hydrogens (tertiary/aromatic N) is 1. The predicted octanol–water partition coefficient (Wildman–Crippen LogP) is 3.95. The van der Waals surface area contributed by atoms with E-state index in [4.69, 9.17) is 9.47 Å². The van der Waals surface area contributed by atoms with Crippen LogP contribution in [0.4, 0.5) is 9.18 Å². The normalized spacial score (nSPS) is 15.6. The van der Waals surface area contributed by atoms with E-state index in [0.717, 1.165) is 16.7 Å². The zero-order valence-corrected chi connectivity index (χ0v) is 14.8. The number of hydrogen-bond donors (Lipinski definition) is 0. The fourth-order valence-corrected chi connectivity index (χ4v) is 3.29. The first-order chi connectivity index (χ1) is 12.6. The molecule has 26 heavy (non-hydrogen) atoms. The maximum Gasteiger partial charge on any atom is 0.293 e. The Hall–Kier alpha value is -2.80. The van der Waals surface area contributed by atoms with E-state index in [-0.39, 0.29) is 23.3 Å². The van der Waals surface area contributed by atoms with Crippen LogP contribution in [0.25, 0.3) is 6.08 Å². The summed E-state index contributed by atoms with van der Waals surface area (Å²) < 4.78 is 24.0. The van der Waals surface area contributed by atoms with Crippen molar-refractivity contribution in [1.82, 2.24) is 4.90 Å². The van der Waals surface area contributed by atoms with Crippen molar-refractivity contribution in [3.63, 3.8) is 0 Å². The van der Waals surface area contributed by atoms with E-state index in [1.165, 1.54) is 25.3 Å². The predicted molar refractivity (Wildman–Crippen MR) is 97.6 cm³/mol. The zero-order chi connectivity index (χ0) is 18.5. The van der Waals surface area contributed by atoms with Crippen LogP contribution in [0.1, 0.15) is 5.56 Å². The quantitative estimate of drug-likeness (QED) is 0.718. The molecule has 2 aromatic rings. The number of thioether (sulfide) groups is 1. The molecule has 7 heteroatoms. The highest BCUT2D eigenvalue weighted by Gasteiger charge is 2.34. The molecule has 0 atom stereocenters. The molecule has 134 valence electrons. The second-order valence-corrected chi connectivity index (χ2v) is 6.38. The highest BCUT2D eigenvalue weighted by Crippen LogP contribution is 2.32. The van der Waals surface area contributed by atoms with Crippen molar-refractivity contribution < 1.29 is 23.5 Å². The zero-order valence-electron chi connectivity index (χ0n) is 14.0. The molecule has 0 N–H and O–H groups in total. The standard InChI is InChI=1S/C19H16FNO4S/c1-24-15-7-2-3-8-16(15)25-10-9-21-18(22)17(26-19(21)23)12-13-5-4-6-14(20)11-13/h2-8,11-12H,9-10H2,1H3/b17-12-. The number of ether oxygens (including phenoxy) is 2. The molecule has 2 amide bonds. The van der Waals surface area contributed by atoms with E-state index in [2.05, 4.69) is 0 Å². The summed E-state index contributed by atoms with van der Waals surface area (Å²) in [7, 11) is 1.54. The fourth-order valence-electron chi connectivity index (χ4n) is 2.43. The maximum absolute atomic E-state index is 13.3. The number of methoxy groups -OCH3 is 1. The van der Waals surface area contributed by atoms with Gasteiger partial charge in [-0.05, 0) is 47.7 Å². The number of amides is 2. The van der Waals surface area contributed by atoms with E-state index >= 15 is 0 Å². The second-order valence-electron chi connectivity index (χ2n) is 5.39. The smallest absolute Gasteiger partial charge is 0.293 e. The first kappa shape index (κ1) is 18.0. The van der Waals surface area contributed by atoms with Gasteiger partial charge in [0.05, 0.1) is 18.6 Å². The minimum atomic E-state index is -0.409. The summed E-state index contributed by atoms with van der Waals surface area (Å²) in [5.74, 6) is 0.306. The van der Waals surface area contributed by atoms with Gasteiger partial charge < -0.3 is 9.47 Å². The molecule has 0 spiro atoms. The molecule has 1 aliphatic rings. The van der Waals surface area contributed by atoms with Gasteiger partial charge in [-0.3, -0.25) is 14.5 Å². The van der Waals surface area contributed by atoms with Gasteiger partial charge in [0.15, 0.2) is 11.5 Å². The van der Waals surface area contributed by atoms with Crippen molar-refractivity contribution >= 4 is 29.0 Å². The summed E-state index contributed by atoms with van der Waals surface area (Å²) in [6, 6.07) is 13.0. The van der Waals surface area contributed by atoms with Crippen LogP contribution in [0.15, 0.2) is 53.4 Å². The molecule has 0 unspecified atom stereocenters. The van der Waals surface area contributed by atoms with Crippen LogP contribution < -0.4 is 9.47 Å². The van der Waals surface area contributed by atoms with E-state index in [9.17, 15) is 14.0 Å². The van der Waals surface area contributed by atoms with Crippen LogP contribution in [0.5, 0.6) is 11.5 Å². The molecule has 1 heterocycles. The first-order valence-electron chi connectivity index (χ1n) is 7.85. The molecular weight excluding hydrogens is 357 g/mol. The minimum absolute atomic E-state index is 0.114. The topological polar surface area (TPSA) is 55.8 Å². The van der Waals surface area contributed by atoms with E-state index < -0.39 is 11.7 Å². The van der Waals surface area contributed by atoms with E-state index in [1.807, 2.05) is 6.07 Å². The van der Waals surface area contributed by atoms with Crippen LogP contribution in [0, 0.1) is 5.82 Å². The average Bonchev–Trinajstić information content (AvgIpc) is 2.89. The number of imide groups is 1. The summed E-state index contributed by atoms with van der Waals surface area (Å²) in [4.78, 5) is 25.9. The fraction of sp³-hybridized carbons (Fsp3) is 0.158. The van der Waals surface area contributed by atoms with Crippen molar-refractivity contribution in [3.8, 4) is 11.5 Å². The molecule has 0 saturated carbocycles. The number of halogens is 1. The molecule has 0 bridgehead atoms. The van der Waals surface area contributed by atoms with Gasteiger partial charge in [0.25, 0.3) is 11.1 Å². The van der Waals surface area contributed by atoms with Gasteiger partial charge >= 0.3 is 0 Å². The Bertz CT molecular complexity index is 868. The summed E-state index contributed by atoms with van der Waals surface area (Å²) >= 11 is 0.832. The average molecular weight is 373 g/mol. The summed E-state index contributed by atoms with van der Waals surface area (Å²) in [5, 5.41) is -0.374. The van der Waals surface area contributed by atoms with Crippen molar-refractivity contribution in [3.05, 3.63) is 64.8 Å². The summed E-state index contributed by atoms with van der Waals surface area (Å²) in [6.07, 6.45) is 1.51. The Balaban J connectivity index is 1.64. The van der Waals surface area contributed by atoms with Crippen molar-refractivity contribution in [2.24, 2.45) is 0 Å². The molecule has 2 aromatic carbocycles. The third-order valence-electron chi connectivity index (χ3n) is 3.66. The van der Waals surface area contributed by atoms with Gasteiger partial charge in [-0.25, -0.2) is 4.39 Å². The molecule has 1 fully saturated rings. The third kappa shape index (κ3) is 4.05.